The molecule has 4 heteroatoms. The van der Waals surface area contributed by atoms with Crippen LogP contribution in [0.15, 0.2) is 18.2 Å². The van der Waals surface area contributed by atoms with Crippen molar-refractivity contribution in [2.75, 3.05) is 0 Å². The van der Waals surface area contributed by atoms with E-state index in [2.05, 4.69) is 0 Å². The summed E-state index contributed by atoms with van der Waals surface area (Å²) in [7, 11) is 10.7. The van der Waals surface area contributed by atoms with Crippen LogP contribution in [0, 0.1) is 0 Å². The van der Waals surface area contributed by atoms with Crippen molar-refractivity contribution >= 4 is 32.6 Å². The zero-order valence-electron chi connectivity index (χ0n) is 5.74. The van der Waals surface area contributed by atoms with Crippen molar-refractivity contribution in [2.45, 2.75) is 0 Å². The maximum Gasteiger partial charge on any atom is 0.335 e. The number of carboxylic acids is 1. The third kappa shape index (κ3) is 1.87. The molecule has 0 saturated heterocycles. The monoisotopic (exact) mass is 142 g/mol. The summed E-state index contributed by atoms with van der Waals surface area (Å²) in [6.07, 6.45) is 0. The third-order valence-electron chi connectivity index (χ3n) is 1.22. The largest absolute Gasteiger partial charge is 0.478 e. The Balaban J connectivity index is 3.19. The van der Waals surface area contributed by atoms with E-state index in [1.54, 1.807) is 0 Å². The Morgan fingerprint density at radius 1 is 1.18 bits per heavy atom. The average Bonchev–Trinajstić information content (AvgIpc) is 1.85. The number of benzene rings is 1. The molecule has 11 heavy (non-hydrogen) atoms. The van der Waals surface area contributed by atoms with E-state index >= 15 is 0 Å². The first-order valence-corrected chi connectivity index (χ1v) is 2.99. The highest BCUT2D eigenvalue weighted by Gasteiger charge is 2.01. The second-order valence-corrected chi connectivity index (χ2v) is 2.19. The van der Waals surface area contributed by atoms with Crippen LogP contribution >= 0.6 is 0 Å². The molecular weight excluding hydrogens is 138 g/mol. The number of aromatic carboxylic acids is 1. The van der Waals surface area contributed by atoms with Gasteiger partial charge in [-0.05, 0) is 0 Å². The van der Waals surface area contributed by atoms with Gasteiger partial charge in [0.2, 0.25) is 0 Å². The van der Waals surface area contributed by atoms with Crippen LogP contribution in [0.5, 0.6) is 0 Å². The van der Waals surface area contributed by atoms with Crippen molar-refractivity contribution in [1.29, 1.82) is 0 Å². The van der Waals surface area contributed by atoms with Crippen molar-refractivity contribution < 1.29 is 9.90 Å². The van der Waals surface area contributed by atoms with E-state index in [1.807, 2.05) is 0 Å². The van der Waals surface area contributed by atoms with Crippen molar-refractivity contribution in [1.82, 2.24) is 0 Å². The molecule has 0 saturated carbocycles. The van der Waals surface area contributed by atoms with E-state index in [4.69, 9.17) is 20.8 Å². The molecule has 2 nitrogen and oxygen atoms in total. The van der Waals surface area contributed by atoms with Crippen LogP contribution in [0.1, 0.15) is 10.4 Å². The second-order valence-electron chi connectivity index (χ2n) is 2.19. The molecule has 0 atom stereocenters. The van der Waals surface area contributed by atoms with Gasteiger partial charge in [0.05, 0.1) is 5.56 Å². The SMILES string of the molecule is [B]c1cc([B])cc(C(=O)O)c1. The summed E-state index contributed by atoms with van der Waals surface area (Å²) in [5.41, 5.74) is 0.840. The minimum Gasteiger partial charge on any atom is -0.478 e. The van der Waals surface area contributed by atoms with Gasteiger partial charge in [-0.1, -0.05) is 29.1 Å². The molecule has 0 heterocycles. The summed E-state index contributed by atoms with van der Waals surface area (Å²) in [6.45, 7) is 0. The van der Waals surface area contributed by atoms with Crippen molar-refractivity contribution in [3.05, 3.63) is 23.8 Å². The first-order valence-electron chi connectivity index (χ1n) is 2.99. The zero-order chi connectivity index (χ0) is 8.43. The van der Waals surface area contributed by atoms with E-state index in [9.17, 15) is 4.79 Å². The molecule has 0 amide bonds. The molecule has 1 aromatic carbocycles. The lowest BCUT2D eigenvalue weighted by molar-refractivity contribution is 0.0697. The van der Waals surface area contributed by atoms with Gasteiger partial charge in [-0.15, -0.1) is 0 Å². The lowest BCUT2D eigenvalue weighted by atomic mass is 9.85. The van der Waals surface area contributed by atoms with Gasteiger partial charge in [0, 0.05) is 0 Å². The second kappa shape index (κ2) is 2.82. The number of rotatable bonds is 1. The standard InChI is InChI=1S/C7H4B2O2/c8-5-1-4(7(10)11)2-6(9)3-5/h1-3H,(H,10,11). The Morgan fingerprint density at radius 3 is 2.00 bits per heavy atom. The van der Waals surface area contributed by atoms with Crippen LogP contribution in [0.25, 0.3) is 0 Å². The lowest BCUT2D eigenvalue weighted by Crippen LogP contribution is -2.16. The van der Waals surface area contributed by atoms with Crippen LogP contribution < -0.4 is 10.9 Å². The molecule has 0 unspecified atom stereocenters. The predicted octanol–water partition coefficient (Wildman–Crippen LogP) is -1.03. The molecule has 0 aliphatic rings. The van der Waals surface area contributed by atoms with Crippen LogP contribution in [0.4, 0.5) is 0 Å². The van der Waals surface area contributed by atoms with Crippen LogP contribution in [0.3, 0.4) is 0 Å². The van der Waals surface area contributed by atoms with E-state index < -0.39 is 5.97 Å². The quantitative estimate of drug-likeness (QED) is 0.509. The fourth-order valence-electron chi connectivity index (χ4n) is 0.800. The fourth-order valence-corrected chi connectivity index (χ4v) is 0.800. The molecule has 1 aromatic rings. The Labute approximate surface area is 67.1 Å². The molecule has 0 aliphatic carbocycles. The van der Waals surface area contributed by atoms with Crippen molar-refractivity contribution in [3.8, 4) is 0 Å². The molecule has 0 aromatic heterocycles. The van der Waals surface area contributed by atoms with Gasteiger partial charge >= 0.3 is 5.97 Å². The van der Waals surface area contributed by atoms with E-state index in [-0.39, 0.29) is 5.56 Å². The highest BCUT2D eigenvalue weighted by atomic mass is 16.4. The van der Waals surface area contributed by atoms with Gasteiger partial charge in [-0.25, -0.2) is 4.79 Å². The molecule has 1 rings (SSSR count). The minimum absolute atomic E-state index is 0.113. The maximum absolute atomic E-state index is 10.4. The highest BCUT2D eigenvalue weighted by Crippen LogP contribution is 1.92. The zero-order valence-corrected chi connectivity index (χ0v) is 5.74. The minimum atomic E-state index is -1.02. The van der Waals surface area contributed by atoms with Gasteiger partial charge in [0.15, 0.2) is 0 Å². The third-order valence-corrected chi connectivity index (χ3v) is 1.22. The van der Waals surface area contributed by atoms with Crippen molar-refractivity contribution in [2.24, 2.45) is 0 Å². The molecular formula is C7H4B2O2. The first-order chi connectivity index (χ1) is 5.09. The van der Waals surface area contributed by atoms with Crippen molar-refractivity contribution in [3.63, 3.8) is 0 Å². The number of carbonyl (C=O) groups is 1. The molecule has 0 bridgehead atoms. The molecule has 4 radical (unpaired) electrons. The molecule has 1 N–H and O–H groups in total. The maximum atomic E-state index is 10.4. The van der Waals surface area contributed by atoms with Crippen LogP contribution in [0.2, 0.25) is 0 Å². The Bertz CT molecular complexity index is 276. The summed E-state index contributed by atoms with van der Waals surface area (Å²) < 4.78 is 0. The number of hydrogen-bond donors (Lipinski definition) is 1. The summed E-state index contributed by atoms with van der Waals surface area (Å²) in [6, 6.07) is 4.23. The summed E-state index contributed by atoms with van der Waals surface area (Å²) in [5.74, 6) is -1.02. The Hall–Kier alpha value is -1.18. The van der Waals surface area contributed by atoms with Gasteiger partial charge in [-0.3, -0.25) is 0 Å². The van der Waals surface area contributed by atoms with E-state index in [0.29, 0.717) is 10.9 Å². The smallest absolute Gasteiger partial charge is 0.335 e. The first kappa shape index (κ1) is 7.92. The summed E-state index contributed by atoms with van der Waals surface area (Å²) in [4.78, 5) is 10.4. The lowest BCUT2D eigenvalue weighted by Gasteiger charge is -1.99. The van der Waals surface area contributed by atoms with E-state index in [1.165, 1.54) is 18.2 Å². The fraction of sp³-hybridized carbons (Fsp3) is 0. The average molecular weight is 142 g/mol. The molecule has 0 aliphatic heterocycles. The van der Waals surface area contributed by atoms with Crippen LogP contribution in [-0.2, 0) is 0 Å². The van der Waals surface area contributed by atoms with E-state index in [0.717, 1.165) is 0 Å². The normalized spacial score (nSPS) is 9.45. The Morgan fingerprint density at radius 2 is 1.64 bits per heavy atom. The summed E-state index contributed by atoms with van der Waals surface area (Å²) in [5, 5.41) is 8.52. The van der Waals surface area contributed by atoms with Gasteiger partial charge < -0.3 is 5.11 Å². The van der Waals surface area contributed by atoms with Gasteiger partial charge in [-0.2, -0.15) is 0 Å². The summed E-state index contributed by atoms with van der Waals surface area (Å²) >= 11 is 0. The van der Waals surface area contributed by atoms with Crippen LogP contribution in [-0.4, -0.2) is 26.8 Å². The number of hydrogen-bond acceptors (Lipinski definition) is 1. The predicted molar refractivity (Wildman–Crippen MR) is 44.2 cm³/mol. The Kier molecular flexibility index (Phi) is 2.03. The topological polar surface area (TPSA) is 37.3 Å². The highest BCUT2D eigenvalue weighted by molar-refractivity contribution is 6.38. The van der Waals surface area contributed by atoms with Gasteiger partial charge in [0.25, 0.3) is 0 Å². The van der Waals surface area contributed by atoms with Gasteiger partial charge in [0.1, 0.15) is 15.7 Å². The number of carboxylic acid groups (broad SMARTS) is 1. The molecule has 50 valence electrons. The molecule has 0 spiro atoms. The molecule has 0 fully saturated rings.